The van der Waals surface area contributed by atoms with Crippen LogP contribution in [0, 0.1) is 0 Å². The third-order valence-corrected chi connectivity index (χ3v) is 2.83. The lowest BCUT2D eigenvalue weighted by Crippen LogP contribution is -1.84. The highest BCUT2D eigenvalue weighted by Gasteiger charge is 1.95. The Morgan fingerprint density at radius 1 is 0.889 bits per heavy atom. The normalized spacial score (nSPS) is 11.4. The minimum absolute atomic E-state index is 0.666. The van der Waals surface area contributed by atoms with E-state index in [4.69, 9.17) is 17.3 Å². The topological polar surface area (TPSA) is 26.0 Å². The highest BCUT2D eigenvalue weighted by atomic mass is 35.5. The number of hydrogen-bond donors (Lipinski definition) is 1. The molecule has 0 aromatic heterocycles. The Morgan fingerprint density at radius 2 is 1.61 bits per heavy atom. The first-order valence-electron chi connectivity index (χ1n) is 5.70. The zero-order valence-electron chi connectivity index (χ0n) is 9.88. The van der Waals surface area contributed by atoms with Gasteiger partial charge >= 0.3 is 0 Å². The lowest BCUT2D eigenvalue weighted by Gasteiger charge is -1.98. The van der Waals surface area contributed by atoms with Crippen LogP contribution in [0.1, 0.15) is 11.1 Å². The third kappa shape index (κ3) is 3.51. The van der Waals surface area contributed by atoms with Crippen LogP contribution in [0.3, 0.4) is 0 Å². The number of allylic oxidation sites excluding steroid dienone is 2. The summed E-state index contributed by atoms with van der Waals surface area (Å²) in [4.78, 5) is 0. The Morgan fingerprint density at radius 3 is 2.33 bits per heavy atom. The predicted octanol–water partition coefficient (Wildman–Crippen LogP) is 4.65. The van der Waals surface area contributed by atoms with Crippen LogP contribution in [-0.2, 0) is 0 Å². The summed E-state index contributed by atoms with van der Waals surface area (Å²) in [5.74, 6) is 0. The van der Waals surface area contributed by atoms with Crippen molar-refractivity contribution in [3.63, 3.8) is 0 Å². The second-order valence-electron chi connectivity index (χ2n) is 3.91. The molecule has 2 N–H and O–H groups in total. The highest BCUT2D eigenvalue weighted by Crippen LogP contribution is 2.20. The molecule has 0 spiro atoms. The van der Waals surface area contributed by atoms with Crippen molar-refractivity contribution in [1.29, 1.82) is 0 Å². The van der Waals surface area contributed by atoms with Crippen molar-refractivity contribution in [2.24, 2.45) is 0 Å². The molecule has 2 aromatic rings. The Hall–Kier alpha value is -1.99. The van der Waals surface area contributed by atoms with Gasteiger partial charge in [-0.3, -0.25) is 0 Å². The van der Waals surface area contributed by atoms with Gasteiger partial charge in [0.05, 0.1) is 0 Å². The first-order chi connectivity index (χ1) is 8.75. The van der Waals surface area contributed by atoms with Crippen molar-refractivity contribution in [2.75, 3.05) is 5.73 Å². The number of nitrogens with two attached hydrogens (primary N) is 1. The molecule has 1 nitrogen and oxygen atoms in total. The second kappa shape index (κ2) is 6.08. The lowest BCUT2D eigenvalue weighted by molar-refractivity contribution is 1.64. The van der Waals surface area contributed by atoms with Crippen LogP contribution in [0.15, 0.2) is 60.7 Å². The molecule has 2 aromatic carbocycles. The van der Waals surface area contributed by atoms with E-state index < -0.39 is 0 Å². The van der Waals surface area contributed by atoms with Crippen LogP contribution in [0.25, 0.3) is 12.2 Å². The Kier molecular flexibility index (Phi) is 4.21. The van der Waals surface area contributed by atoms with Gasteiger partial charge in [-0.1, -0.05) is 72.3 Å². The highest BCUT2D eigenvalue weighted by molar-refractivity contribution is 6.32. The van der Waals surface area contributed by atoms with Gasteiger partial charge in [0, 0.05) is 10.7 Å². The molecule has 0 fully saturated rings. The standard InChI is InChI=1S/C16H14ClN/c17-16-12-15(18)11-10-14(16)9-5-4-8-13-6-2-1-3-7-13/h1-12H,18H2/b8-4+,9-5+. The molecule has 90 valence electrons. The van der Waals surface area contributed by atoms with Gasteiger partial charge in [0.25, 0.3) is 0 Å². The van der Waals surface area contributed by atoms with Crippen LogP contribution in [0.4, 0.5) is 5.69 Å². The quantitative estimate of drug-likeness (QED) is 0.627. The van der Waals surface area contributed by atoms with E-state index >= 15 is 0 Å². The molecule has 0 unspecified atom stereocenters. The van der Waals surface area contributed by atoms with Gasteiger partial charge in [0.2, 0.25) is 0 Å². The molecule has 0 atom stereocenters. The number of halogens is 1. The van der Waals surface area contributed by atoms with Crippen molar-refractivity contribution in [2.45, 2.75) is 0 Å². The average molecular weight is 256 g/mol. The summed E-state index contributed by atoms with van der Waals surface area (Å²) < 4.78 is 0. The molecule has 0 aliphatic rings. The number of hydrogen-bond acceptors (Lipinski definition) is 1. The van der Waals surface area contributed by atoms with Crippen LogP contribution in [-0.4, -0.2) is 0 Å². The number of benzene rings is 2. The third-order valence-electron chi connectivity index (χ3n) is 2.50. The summed E-state index contributed by atoms with van der Waals surface area (Å²) in [6.45, 7) is 0. The molecule has 0 saturated heterocycles. The van der Waals surface area contributed by atoms with Gasteiger partial charge < -0.3 is 5.73 Å². The molecule has 0 radical (unpaired) electrons. The van der Waals surface area contributed by atoms with Gasteiger partial charge in [-0.05, 0) is 23.3 Å². The van der Waals surface area contributed by atoms with Crippen molar-refractivity contribution >= 4 is 29.4 Å². The fraction of sp³-hybridized carbons (Fsp3) is 0. The SMILES string of the molecule is Nc1ccc(/C=C/C=C/c2ccccc2)c(Cl)c1. The van der Waals surface area contributed by atoms with E-state index in [1.165, 1.54) is 5.56 Å². The van der Waals surface area contributed by atoms with Gasteiger partial charge in [0.1, 0.15) is 0 Å². The molecule has 0 heterocycles. The summed E-state index contributed by atoms with van der Waals surface area (Å²) in [7, 11) is 0. The van der Waals surface area contributed by atoms with Crippen molar-refractivity contribution in [3.8, 4) is 0 Å². The molecule has 2 heteroatoms. The van der Waals surface area contributed by atoms with Gasteiger partial charge in [-0.25, -0.2) is 0 Å². The summed E-state index contributed by atoms with van der Waals surface area (Å²) >= 11 is 6.07. The van der Waals surface area contributed by atoms with Crippen LogP contribution < -0.4 is 5.73 Å². The Bertz CT molecular complexity index is 571. The van der Waals surface area contributed by atoms with Gasteiger partial charge in [0.15, 0.2) is 0 Å². The minimum atomic E-state index is 0.666. The van der Waals surface area contributed by atoms with Gasteiger partial charge in [-0.2, -0.15) is 0 Å². The Balaban J connectivity index is 2.06. The zero-order chi connectivity index (χ0) is 12.8. The van der Waals surface area contributed by atoms with E-state index in [9.17, 15) is 0 Å². The van der Waals surface area contributed by atoms with E-state index in [0.717, 1.165) is 5.56 Å². The molecule has 0 aliphatic carbocycles. The van der Waals surface area contributed by atoms with Crippen LogP contribution >= 0.6 is 11.6 Å². The first-order valence-corrected chi connectivity index (χ1v) is 6.08. The van der Waals surface area contributed by atoms with Crippen molar-refractivity contribution in [3.05, 3.63) is 76.8 Å². The minimum Gasteiger partial charge on any atom is -0.399 e. The fourth-order valence-corrected chi connectivity index (χ4v) is 1.82. The van der Waals surface area contributed by atoms with E-state index in [1.54, 1.807) is 6.07 Å². The van der Waals surface area contributed by atoms with E-state index in [2.05, 4.69) is 12.1 Å². The van der Waals surface area contributed by atoms with E-state index in [-0.39, 0.29) is 0 Å². The summed E-state index contributed by atoms with van der Waals surface area (Å²) in [6.07, 6.45) is 7.95. The smallest absolute Gasteiger partial charge is 0.0498 e. The zero-order valence-corrected chi connectivity index (χ0v) is 10.6. The maximum Gasteiger partial charge on any atom is 0.0498 e. The lowest BCUT2D eigenvalue weighted by atomic mass is 10.1. The molecular weight excluding hydrogens is 242 g/mol. The maximum atomic E-state index is 6.07. The molecule has 2 rings (SSSR count). The summed E-state index contributed by atoms with van der Waals surface area (Å²) in [6, 6.07) is 15.6. The molecule has 0 saturated carbocycles. The largest absolute Gasteiger partial charge is 0.399 e. The second-order valence-corrected chi connectivity index (χ2v) is 4.32. The Labute approximate surface area is 112 Å². The average Bonchev–Trinajstić information content (AvgIpc) is 2.38. The van der Waals surface area contributed by atoms with Crippen molar-refractivity contribution in [1.82, 2.24) is 0 Å². The van der Waals surface area contributed by atoms with Crippen LogP contribution in [0.2, 0.25) is 5.02 Å². The molecule has 0 aliphatic heterocycles. The fourth-order valence-electron chi connectivity index (χ4n) is 1.57. The summed E-state index contributed by atoms with van der Waals surface area (Å²) in [5.41, 5.74) is 8.45. The van der Waals surface area contributed by atoms with Crippen molar-refractivity contribution < 1.29 is 0 Å². The molecular formula is C16H14ClN. The van der Waals surface area contributed by atoms with E-state index in [1.807, 2.05) is 54.6 Å². The molecule has 0 bridgehead atoms. The number of nitrogen functional groups attached to an aromatic ring is 1. The number of rotatable bonds is 3. The number of anilines is 1. The monoisotopic (exact) mass is 255 g/mol. The molecule has 18 heavy (non-hydrogen) atoms. The van der Waals surface area contributed by atoms with Gasteiger partial charge in [-0.15, -0.1) is 0 Å². The summed E-state index contributed by atoms with van der Waals surface area (Å²) in [5, 5.41) is 0.666. The van der Waals surface area contributed by atoms with E-state index in [0.29, 0.717) is 10.7 Å². The maximum absolute atomic E-state index is 6.07. The predicted molar refractivity (Wildman–Crippen MR) is 80.4 cm³/mol. The first kappa shape index (κ1) is 12.5. The van der Waals surface area contributed by atoms with Crippen LogP contribution in [0.5, 0.6) is 0 Å². The molecule has 0 amide bonds.